The van der Waals surface area contributed by atoms with Crippen molar-refractivity contribution in [3.05, 3.63) is 179 Å². The van der Waals surface area contributed by atoms with Gasteiger partial charge in [0.05, 0.1) is 6.04 Å². The molecule has 5 aromatic rings. The molecule has 2 heteroatoms. The molecule has 1 heterocycles. The Bertz CT molecular complexity index is 2510. The molecule has 0 saturated carbocycles. The van der Waals surface area contributed by atoms with E-state index in [0.29, 0.717) is 17.8 Å². The van der Waals surface area contributed by atoms with Gasteiger partial charge in [0.15, 0.2) is 0 Å². The summed E-state index contributed by atoms with van der Waals surface area (Å²) in [5, 5.41) is 2.83. The van der Waals surface area contributed by atoms with Gasteiger partial charge in [0.1, 0.15) is 0 Å². The van der Waals surface area contributed by atoms with Gasteiger partial charge in [0.25, 0.3) is 0 Å². The number of thiophene rings is 1. The van der Waals surface area contributed by atoms with Gasteiger partial charge in [-0.3, -0.25) is 0 Å². The molecule has 0 radical (unpaired) electrons. The maximum absolute atomic E-state index is 2.74. The van der Waals surface area contributed by atoms with Gasteiger partial charge in [-0.05, 0) is 107 Å². The average Bonchev–Trinajstić information content (AvgIpc) is 3.87. The highest BCUT2D eigenvalue weighted by Crippen LogP contribution is 2.57. The Morgan fingerprint density at radius 2 is 1.65 bits per heavy atom. The van der Waals surface area contributed by atoms with Crippen molar-refractivity contribution < 1.29 is 0 Å². The lowest BCUT2D eigenvalue weighted by Crippen LogP contribution is -2.35. The molecule has 268 valence electrons. The molecule has 54 heavy (non-hydrogen) atoms. The maximum Gasteiger partial charge on any atom is 0.0525 e. The first-order valence-electron chi connectivity index (χ1n) is 20.2. The van der Waals surface area contributed by atoms with E-state index in [9.17, 15) is 0 Å². The van der Waals surface area contributed by atoms with E-state index in [-0.39, 0.29) is 11.5 Å². The molecule has 5 aliphatic carbocycles. The van der Waals surface area contributed by atoms with E-state index in [1.807, 2.05) is 11.3 Å². The summed E-state index contributed by atoms with van der Waals surface area (Å²) in [5.41, 5.74) is 14.1. The van der Waals surface area contributed by atoms with Crippen LogP contribution in [0.3, 0.4) is 0 Å². The van der Waals surface area contributed by atoms with Crippen LogP contribution in [-0.4, -0.2) is 6.04 Å². The topological polar surface area (TPSA) is 3.24 Å². The van der Waals surface area contributed by atoms with Gasteiger partial charge in [-0.25, -0.2) is 0 Å². The number of rotatable bonds is 6. The Balaban J connectivity index is 1.14. The molecule has 0 bridgehead atoms. The van der Waals surface area contributed by atoms with Crippen molar-refractivity contribution in [3.8, 4) is 11.1 Å². The summed E-state index contributed by atoms with van der Waals surface area (Å²) in [6.45, 7) is 7.41. The van der Waals surface area contributed by atoms with Crippen LogP contribution in [0.1, 0.15) is 81.9 Å². The molecule has 0 spiro atoms. The maximum atomic E-state index is 2.74. The average molecular weight is 720 g/mol. The number of allylic oxidation sites excluding steroid dienone is 12. The Hall–Kier alpha value is -4.92. The van der Waals surface area contributed by atoms with Gasteiger partial charge < -0.3 is 4.90 Å². The zero-order valence-electron chi connectivity index (χ0n) is 31.8. The van der Waals surface area contributed by atoms with Crippen molar-refractivity contribution in [1.29, 1.82) is 0 Å². The van der Waals surface area contributed by atoms with Crippen LogP contribution in [0.2, 0.25) is 0 Å². The molecule has 1 nitrogen and oxygen atoms in total. The standard InChI is InChI=1S/C52H49NS/c1-34-29-41(25-26-43(34)37-19-10-11-20-37)53(42-31-38(35-15-6-4-7-16-35)30-39(32-42)36-17-8-5-9-18-36)40-21-14-23-46-48(33-40)52(2,3)47-28-27-45-44-22-12-13-24-49(44)54-51(45)50(46)47/h4-8,10,12-13,15-17,19-20,22,24-34,40,43,46H,9,11,14,18,21,23H2,1-3H3. The number of anilines is 1. The van der Waals surface area contributed by atoms with E-state index in [2.05, 4.69) is 171 Å². The van der Waals surface area contributed by atoms with Crippen molar-refractivity contribution >= 4 is 42.8 Å². The summed E-state index contributed by atoms with van der Waals surface area (Å²) in [6, 6.07) is 32.5. The lowest BCUT2D eigenvalue weighted by molar-refractivity contribution is 0.569. The molecule has 0 aliphatic heterocycles. The smallest absolute Gasteiger partial charge is 0.0525 e. The molecule has 0 fully saturated rings. The Kier molecular flexibility index (Phi) is 8.36. The zero-order valence-corrected chi connectivity index (χ0v) is 32.6. The van der Waals surface area contributed by atoms with Gasteiger partial charge in [-0.15, -0.1) is 11.3 Å². The summed E-state index contributed by atoms with van der Waals surface area (Å²) < 4.78 is 2.91. The van der Waals surface area contributed by atoms with Crippen LogP contribution in [0, 0.1) is 11.8 Å². The third-order valence-corrected chi connectivity index (χ3v) is 14.2. The van der Waals surface area contributed by atoms with Crippen LogP contribution < -0.4 is 4.90 Å². The van der Waals surface area contributed by atoms with E-state index in [1.54, 1.807) is 11.1 Å². The Morgan fingerprint density at radius 1 is 0.796 bits per heavy atom. The first-order chi connectivity index (χ1) is 26.4. The quantitative estimate of drug-likeness (QED) is 0.158. The molecular formula is C52H49NS. The lowest BCUT2D eigenvalue weighted by atomic mass is 9.80. The number of hydrogen-bond donors (Lipinski definition) is 0. The highest BCUT2D eigenvalue weighted by atomic mass is 32.1. The molecule has 4 atom stereocenters. The zero-order chi connectivity index (χ0) is 36.4. The monoisotopic (exact) mass is 719 g/mol. The predicted molar refractivity (Wildman–Crippen MR) is 233 cm³/mol. The van der Waals surface area contributed by atoms with Crippen LogP contribution in [0.25, 0.3) is 36.9 Å². The van der Waals surface area contributed by atoms with Crippen LogP contribution in [0.15, 0.2) is 163 Å². The second kappa shape index (κ2) is 13.4. The fraction of sp³-hybridized carbons (Fsp3) is 0.269. The molecule has 10 rings (SSSR count). The number of hydrogen-bond acceptors (Lipinski definition) is 2. The normalized spacial score (nSPS) is 24.1. The minimum atomic E-state index is -0.0363. The first-order valence-corrected chi connectivity index (χ1v) is 21.0. The van der Waals surface area contributed by atoms with Gasteiger partial charge in [-0.2, -0.15) is 0 Å². The van der Waals surface area contributed by atoms with E-state index >= 15 is 0 Å². The van der Waals surface area contributed by atoms with Gasteiger partial charge in [0.2, 0.25) is 0 Å². The summed E-state index contributed by atoms with van der Waals surface area (Å²) in [4.78, 5) is 2.74. The molecule has 4 unspecified atom stereocenters. The molecule has 0 N–H and O–H groups in total. The molecular weight excluding hydrogens is 671 g/mol. The second-order valence-corrected chi connectivity index (χ2v) is 17.7. The Morgan fingerprint density at radius 3 is 2.46 bits per heavy atom. The molecule has 5 aliphatic rings. The van der Waals surface area contributed by atoms with Gasteiger partial charge in [-0.1, -0.05) is 148 Å². The predicted octanol–water partition coefficient (Wildman–Crippen LogP) is 14.4. The van der Waals surface area contributed by atoms with E-state index in [0.717, 1.165) is 25.7 Å². The van der Waals surface area contributed by atoms with E-state index < -0.39 is 0 Å². The third-order valence-electron chi connectivity index (χ3n) is 13.0. The summed E-state index contributed by atoms with van der Waals surface area (Å²) >= 11 is 2.01. The van der Waals surface area contributed by atoms with Crippen LogP contribution >= 0.6 is 11.3 Å². The Labute approximate surface area is 325 Å². The van der Waals surface area contributed by atoms with Gasteiger partial charge in [0, 0.05) is 48.8 Å². The number of benzene rings is 4. The fourth-order valence-electron chi connectivity index (χ4n) is 10.3. The second-order valence-electron chi connectivity index (χ2n) is 16.6. The third kappa shape index (κ3) is 5.64. The molecule has 0 amide bonds. The van der Waals surface area contributed by atoms with Crippen molar-refractivity contribution in [1.82, 2.24) is 0 Å². The first kappa shape index (κ1) is 33.6. The largest absolute Gasteiger partial charge is 0.335 e. The van der Waals surface area contributed by atoms with Crippen molar-refractivity contribution in [3.63, 3.8) is 0 Å². The SMILES string of the molecule is CC1C=C(N(c2cc(C3=CC=CCC3)cc(-c3ccccc3)c2)C2C=C3C(CCC2)c2c(ccc4c2sc2ccccc24)C3(C)C)C=CC1C1=CCC=C1. The highest BCUT2D eigenvalue weighted by molar-refractivity contribution is 7.26. The number of nitrogens with zero attached hydrogens (tertiary/aromatic N) is 1. The summed E-state index contributed by atoms with van der Waals surface area (Å²) in [5.74, 6) is 1.27. The van der Waals surface area contributed by atoms with Crippen molar-refractivity contribution in [2.45, 2.75) is 76.7 Å². The van der Waals surface area contributed by atoms with E-state index in [4.69, 9.17) is 0 Å². The van der Waals surface area contributed by atoms with Crippen LogP contribution in [-0.2, 0) is 5.41 Å². The molecule has 0 saturated heterocycles. The number of fused-ring (bicyclic) bond motifs is 7. The minimum absolute atomic E-state index is 0.0363. The van der Waals surface area contributed by atoms with Gasteiger partial charge >= 0.3 is 0 Å². The van der Waals surface area contributed by atoms with E-state index in [1.165, 1.54) is 77.8 Å². The summed E-state index contributed by atoms with van der Waals surface area (Å²) in [6.07, 6.45) is 30.9. The molecule has 1 aromatic heterocycles. The van der Waals surface area contributed by atoms with Crippen LogP contribution in [0.5, 0.6) is 0 Å². The fourth-order valence-corrected chi connectivity index (χ4v) is 11.6. The van der Waals surface area contributed by atoms with Crippen molar-refractivity contribution in [2.75, 3.05) is 4.90 Å². The summed E-state index contributed by atoms with van der Waals surface area (Å²) in [7, 11) is 0. The van der Waals surface area contributed by atoms with Crippen molar-refractivity contribution in [2.24, 2.45) is 11.8 Å². The lowest BCUT2D eigenvalue weighted by Gasteiger charge is -2.37. The highest BCUT2D eigenvalue weighted by Gasteiger charge is 2.44. The van der Waals surface area contributed by atoms with Crippen LogP contribution in [0.4, 0.5) is 5.69 Å². The minimum Gasteiger partial charge on any atom is -0.335 e. The molecule has 4 aromatic carbocycles.